The van der Waals surface area contributed by atoms with E-state index < -0.39 is 11.4 Å². The molecule has 0 saturated heterocycles. The van der Waals surface area contributed by atoms with Crippen molar-refractivity contribution in [3.63, 3.8) is 0 Å². The van der Waals surface area contributed by atoms with Crippen LogP contribution in [0.2, 0.25) is 0 Å². The number of benzene rings is 1. The molecule has 1 aliphatic rings. The van der Waals surface area contributed by atoms with E-state index in [0.717, 1.165) is 0 Å². The Hall–Kier alpha value is -2.37. The van der Waals surface area contributed by atoms with Crippen molar-refractivity contribution in [2.75, 3.05) is 11.9 Å². The van der Waals surface area contributed by atoms with Gasteiger partial charge in [0.1, 0.15) is 5.75 Å². The van der Waals surface area contributed by atoms with Crippen molar-refractivity contribution in [3.05, 3.63) is 23.8 Å². The molecule has 0 aromatic heterocycles. The van der Waals surface area contributed by atoms with E-state index in [9.17, 15) is 14.4 Å². The van der Waals surface area contributed by atoms with Crippen molar-refractivity contribution in [2.45, 2.75) is 20.3 Å². The fraction of sp³-hybridized carbons (Fsp3) is 0.357. The van der Waals surface area contributed by atoms with E-state index in [0.29, 0.717) is 17.0 Å². The third-order valence-corrected chi connectivity index (χ3v) is 3.12. The molecule has 0 aliphatic carbocycles. The summed E-state index contributed by atoms with van der Waals surface area (Å²) in [5.74, 6) is -1.10. The van der Waals surface area contributed by atoms with E-state index in [1.54, 1.807) is 12.1 Å². The molecule has 1 aliphatic heterocycles. The smallest absolute Gasteiger partial charge is 0.309 e. The second kappa shape index (κ2) is 4.96. The Kier molecular flexibility index (Phi) is 3.48. The maximum absolute atomic E-state index is 12.1. The number of anilines is 1. The molecule has 0 radical (unpaired) electrons. The molecule has 2 rings (SSSR count). The van der Waals surface area contributed by atoms with Gasteiger partial charge in [-0.1, -0.05) is 0 Å². The van der Waals surface area contributed by atoms with Gasteiger partial charge in [-0.3, -0.25) is 14.4 Å². The van der Waals surface area contributed by atoms with Crippen molar-refractivity contribution in [1.82, 2.24) is 0 Å². The quantitative estimate of drug-likeness (QED) is 0.817. The van der Waals surface area contributed by atoms with Gasteiger partial charge in [0.15, 0.2) is 12.4 Å². The third-order valence-electron chi connectivity index (χ3n) is 3.12. The number of amides is 1. The number of carboxylic acid groups (broad SMARTS) is 1. The number of carbonyl (C=O) groups is 3. The summed E-state index contributed by atoms with van der Waals surface area (Å²) in [4.78, 5) is 34.4. The highest BCUT2D eigenvalue weighted by atomic mass is 16.5. The molecule has 106 valence electrons. The van der Waals surface area contributed by atoms with Gasteiger partial charge in [-0.05, 0) is 32.0 Å². The number of rotatable bonds is 4. The molecule has 6 heteroatoms. The largest absolute Gasteiger partial charge is 0.482 e. The molecule has 0 atom stereocenters. The molecule has 0 spiro atoms. The predicted octanol–water partition coefficient (Wildman–Crippen LogP) is 1.70. The standard InChI is InChI=1S/C14H15NO5/c1-14(2,13(18)19)6-10(16)8-3-4-11-9(5-8)15-12(17)7-20-11/h3-5H,6-7H2,1-2H3,(H,15,17)(H,18,19). The first-order valence-corrected chi connectivity index (χ1v) is 6.13. The van der Waals surface area contributed by atoms with Gasteiger partial charge in [-0.25, -0.2) is 0 Å². The second-order valence-corrected chi connectivity index (χ2v) is 5.34. The number of ether oxygens (including phenoxy) is 1. The van der Waals surface area contributed by atoms with Gasteiger partial charge in [0, 0.05) is 12.0 Å². The highest BCUT2D eigenvalue weighted by Crippen LogP contribution is 2.30. The van der Waals surface area contributed by atoms with Gasteiger partial charge in [0.25, 0.3) is 5.91 Å². The van der Waals surface area contributed by atoms with E-state index in [2.05, 4.69) is 5.32 Å². The number of hydrogen-bond donors (Lipinski definition) is 2. The Morgan fingerprint density at radius 2 is 2.10 bits per heavy atom. The molecule has 1 aromatic carbocycles. The zero-order valence-corrected chi connectivity index (χ0v) is 11.2. The van der Waals surface area contributed by atoms with Crippen LogP contribution in [0.4, 0.5) is 5.69 Å². The molecule has 1 aromatic rings. The first-order valence-electron chi connectivity index (χ1n) is 6.13. The van der Waals surface area contributed by atoms with Crippen LogP contribution in [-0.4, -0.2) is 29.4 Å². The van der Waals surface area contributed by atoms with Gasteiger partial charge < -0.3 is 15.2 Å². The zero-order chi connectivity index (χ0) is 14.9. The monoisotopic (exact) mass is 277 g/mol. The Balaban J connectivity index is 2.21. The topological polar surface area (TPSA) is 92.7 Å². The minimum absolute atomic E-state index is 0.0493. The average Bonchev–Trinajstić information content (AvgIpc) is 2.37. The van der Waals surface area contributed by atoms with Gasteiger partial charge in [0.05, 0.1) is 11.1 Å². The lowest BCUT2D eigenvalue weighted by atomic mass is 9.85. The van der Waals surface area contributed by atoms with Crippen molar-refractivity contribution >= 4 is 23.3 Å². The molecule has 0 fully saturated rings. The van der Waals surface area contributed by atoms with Gasteiger partial charge in [0.2, 0.25) is 0 Å². The molecular formula is C14H15NO5. The summed E-state index contributed by atoms with van der Waals surface area (Å²) in [5, 5.41) is 11.6. The summed E-state index contributed by atoms with van der Waals surface area (Å²) in [5.41, 5.74) is -0.351. The van der Waals surface area contributed by atoms with Crippen molar-refractivity contribution in [2.24, 2.45) is 5.41 Å². The highest BCUT2D eigenvalue weighted by molar-refractivity contribution is 6.02. The van der Waals surface area contributed by atoms with Crippen molar-refractivity contribution < 1.29 is 24.2 Å². The Labute approximate surface area is 115 Å². The average molecular weight is 277 g/mol. The summed E-state index contributed by atoms with van der Waals surface area (Å²) in [7, 11) is 0. The lowest BCUT2D eigenvalue weighted by Gasteiger charge is -2.20. The maximum atomic E-state index is 12.1. The molecule has 2 N–H and O–H groups in total. The predicted molar refractivity (Wildman–Crippen MR) is 70.9 cm³/mol. The van der Waals surface area contributed by atoms with Crippen LogP contribution in [0, 0.1) is 5.41 Å². The molecule has 6 nitrogen and oxygen atoms in total. The van der Waals surface area contributed by atoms with E-state index in [1.165, 1.54) is 19.9 Å². The molecule has 0 bridgehead atoms. The molecule has 0 saturated carbocycles. The number of ketones is 1. The molecule has 20 heavy (non-hydrogen) atoms. The van der Waals surface area contributed by atoms with Crippen LogP contribution in [0.5, 0.6) is 5.75 Å². The molecule has 0 unspecified atom stereocenters. The Bertz CT molecular complexity index is 591. The fourth-order valence-corrected chi connectivity index (χ4v) is 1.84. The first-order chi connectivity index (χ1) is 9.29. The van der Waals surface area contributed by atoms with Crippen molar-refractivity contribution in [3.8, 4) is 5.75 Å². The van der Waals surface area contributed by atoms with Crippen LogP contribution in [0.1, 0.15) is 30.6 Å². The molecule has 1 heterocycles. The van der Waals surface area contributed by atoms with Crippen LogP contribution < -0.4 is 10.1 Å². The summed E-state index contributed by atoms with van der Waals surface area (Å²) in [6.45, 7) is 2.94. The number of carbonyl (C=O) groups excluding carboxylic acids is 2. The van der Waals surface area contributed by atoms with Crippen LogP contribution in [-0.2, 0) is 9.59 Å². The van der Waals surface area contributed by atoms with Gasteiger partial charge in [-0.15, -0.1) is 0 Å². The van der Waals surface area contributed by atoms with E-state index in [-0.39, 0.29) is 24.7 Å². The van der Waals surface area contributed by atoms with Crippen molar-refractivity contribution in [1.29, 1.82) is 0 Å². The van der Waals surface area contributed by atoms with Gasteiger partial charge in [-0.2, -0.15) is 0 Å². The number of Topliss-reactive ketones (excluding diaryl/α,β-unsaturated/α-hetero) is 1. The fourth-order valence-electron chi connectivity index (χ4n) is 1.84. The summed E-state index contributed by atoms with van der Waals surface area (Å²) in [6, 6.07) is 4.67. The summed E-state index contributed by atoms with van der Waals surface area (Å²) >= 11 is 0. The van der Waals surface area contributed by atoms with E-state index >= 15 is 0 Å². The maximum Gasteiger partial charge on any atom is 0.309 e. The third kappa shape index (κ3) is 2.79. The Morgan fingerprint density at radius 3 is 2.75 bits per heavy atom. The Morgan fingerprint density at radius 1 is 1.40 bits per heavy atom. The van der Waals surface area contributed by atoms with E-state index in [1.807, 2.05) is 0 Å². The molecule has 1 amide bonds. The van der Waals surface area contributed by atoms with Gasteiger partial charge >= 0.3 is 5.97 Å². The van der Waals surface area contributed by atoms with Crippen LogP contribution in [0.3, 0.4) is 0 Å². The first kappa shape index (κ1) is 14.0. The van der Waals surface area contributed by atoms with Crippen LogP contribution in [0.25, 0.3) is 0 Å². The number of aliphatic carboxylic acids is 1. The van der Waals surface area contributed by atoms with Crippen LogP contribution in [0.15, 0.2) is 18.2 Å². The number of carboxylic acids is 1. The summed E-state index contributed by atoms with van der Waals surface area (Å²) < 4.78 is 5.19. The SMILES string of the molecule is CC(C)(CC(=O)c1ccc2c(c1)NC(=O)CO2)C(=O)O. The normalized spacial score (nSPS) is 14.0. The lowest BCUT2D eigenvalue weighted by molar-refractivity contribution is -0.146. The minimum Gasteiger partial charge on any atom is -0.482 e. The van der Waals surface area contributed by atoms with E-state index in [4.69, 9.17) is 9.84 Å². The lowest BCUT2D eigenvalue weighted by Crippen LogP contribution is -2.27. The minimum atomic E-state index is -1.13. The second-order valence-electron chi connectivity index (χ2n) is 5.34. The highest BCUT2D eigenvalue weighted by Gasteiger charge is 2.31. The number of nitrogens with one attached hydrogen (secondary N) is 1. The molecular weight excluding hydrogens is 262 g/mol. The zero-order valence-electron chi connectivity index (χ0n) is 11.2. The number of hydrogen-bond acceptors (Lipinski definition) is 4. The summed E-state index contributed by atoms with van der Waals surface area (Å²) in [6.07, 6.45) is -0.115. The number of fused-ring (bicyclic) bond motifs is 1. The van der Waals surface area contributed by atoms with Crippen LogP contribution >= 0.6 is 0 Å².